The molecule has 1 rings (SSSR count). The van der Waals surface area contributed by atoms with Crippen LogP contribution < -0.4 is 16.4 Å². The van der Waals surface area contributed by atoms with Crippen LogP contribution in [0, 0.1) is 5.92 Å². The summed E-state index contributed by atoms with van der Waals surface area (Å²) in [4.78, 5) is 26.3. The summed E-state index contributed by atoms with van der Waals surface area (Å²) < 4.78 is 0. The smallest absolute Gasteiger partial charge is 0.267 e. The number of aromatic nitrogens is 1. The van der Waals surface area contributed by atoms with Gasteiger partial charge in [-0.25, -0.2) is 0 Å². The van der Waals surface area contributed by atoms with Crippen molar-refractivity contribution in [3.8, 4) is 0 Å². The molecule has 104 valence electrons. The zero-order valence-corrected chi connectivity index (χ0v) is 11.3. The molecule has 0 fully saturated rings. The Morgan fingerprint density at radius 2 is 2.16 bits per heavy atom. The van der Waals surface area contributed by atoms with Crippen molar-refractivity contribution >= 4 is 17.5 Å². The number of pyridine rings is 1. The van der Waals surface area contributed by atoms with Gasteiger partial charge < -0.3 is 16.4 Å². The van der Waals surface area contributed by atoms with E-state index < -0.39 is 5.91 Å². The monoisotopic (exact) mass is 264 g/mol. The molecule has 0 aliphatic rings. The Kier molecular flexibility index (Phi) is 5.78. The topological polar surface area (TPSA) is 97.1 Å². The van der Waals surface area contributed by atoms with E-state index in [9.17, 15) is 9.59 Å². The van der Waals surface area contributed by atoms with Gasteiger partial charge in [0.1, 0.15) is 5.69 Å². The average molecular weight is 264 g/mol. The van der Waals surface area contributed by atoms with Gasteiger partial charge in [-0.15, -0.1) is 0 Å². The van der Waals surface area contributed by atoms with Crippen LogP contribution in [0.2, 0.25) is 0 Å². The van der Waals surface area contributed by atoms with Crippen LogP contribution in [0.25, 0.3) is 0 Å². The van der Waals surface area contributed by atoms with E-state index in [1.54, 1.807) is 12.1 Å². The first-order chi connectivity index (χ1) is 8.99. The van der Waals surface area contributed by atoms with E-state index in [-0.39, 0.29) is 11.6 Å². The molecule has 0 saturated carbocycles. The predicted molar refractivity (Wildman–Crippen MR) is 73.7 cm³/mol. The Balaban J connectivity index is 2.35. The van der Waals surface area contributed by atoms with Gasteiger partial charge in [-0.1, -0.05) is 13.8 Å². The van der Waals surface area contributed by atoms with E-state index in [1.165, 1.54) is 6.20 Å². The fourth-order valence-corrected chi connectivity index (χ4v) is 1.40. The van der Waals surface area contributed by atoms with Crippen molar-refractivity contribution in [3.05, 3.63) is 24.0 Å². The van der Waals surface area contributed by atoms with Crippen LogP contribution in [-0.4, -0.2) is 29.9 Å². The highest BCUT2D eigenvalue weighted by Gasteiger charge is 2.04. The number of rotatable bonds is 7. The number of amides is 2. The molecule has 1 heterocycles. The molecule has 2 amide bonds. The molecule has 0 saturated heterocycles. The first-order valence-corrected chi connectivity index (χ1v) is 6.25. The third-order valence-corrected chi connectivity index (χ3v) is 2.40. The molecule has 19 heavy (non-hydrogen) atoms. The summed E-state index contributed by atoms with van der Waals surface area (Å²) in [6.45, 7) is 5.26. The van der Waals surface area contributed by atoms with Gasteiger partial charge in [0.05, 0.1) is 0 Å². The number of hydrogen-bond acceptors (Lipinski definition) is 4. The van der Waals surface area contributed by atoms with Crippen molar-refractivity contribution in [1.29, 1.82) is 0 Å². The predicted octanol–water partition coefficient (Wildman–Crippen LogP) is 0.755. The van der Waals surface area contributed by atoms with Gasteiger partial charge in [0, 0.05) is 31.4 Å². The highest BCUT2D eigenvalue weighted by molar-refractivity contribution is 5.91. The van der Waals surface area contributed by atoms with E-state index in [0.29, 0.717) is 25.4 Å². The molecule has 0 unspecified atom stereocenters. The normalized spacial score (nSPS) is 10.3. The van der Waals surface area contributed by atoms with Gasteiger partial charge in [-0.05, 0) is 18.1 Å². The molecule has 0 aromatic carbocycles. The SMILES string of the molecule is CC(C)CNC(=O)CCNc1ccnc(C(N)=O)c1. The van der Waals surface area contributed by atoms with Crippen LogP contribution in [-0.2, 0) is 4.79 Å². The van der Waals surface area contributed by atoms with Gasteiger partial charge in [0.15, 0.2) is 0 Å². The number of anilines is 1. The lowest BCUT2D eigenvalue weighted by Crippen LogP contribution is -2.28. The fraction of sp³-hybridized carbons (Fsp3) is 0.462. The summed E-state index contributed by atoms with van der Waals surface area (Å²) >= 11 is 0. The van der Waals surface area contributed by atoms with Crippen molar-refractivity contribution in [2.75, 3.05) is 18.4 Å². The van der Waals surface area contributed by atoms with E-state index in [4.69, 9.17) is 5.73 Å². The Bertz CT molecular complexity index is 446. The van der Waals surface area contributed by atoms with E-state index in [2.05, 4.69) is 15.6 Å². The molecule has 0 spiro atoms. The van der Waals surface area contributed by atoms with Gasteiger partial charge >= 0.3 is 0 Å². The Hall–Kier alpha value is -2.11. The lowest BCUT2D eigenvalue weighted by atomic mass is 10.2. The Labute approximate surface area is 112 Å². The molecule has 1 aromatic heterocycles. The number of carbonyl (C=O) groups excluding carboxylic acids is 2. The number of nitrogens with two attached hydrogens (primary N) is 1. The second kappa shape index (κ2) is 7.35. The first kappa shape index (κ1) is 14.9. The summed E-state index contributed by atoms with van der Waals surface area (Å²) in [5, 5.41) is 5.88. The molecule has 6 nitrogen and oxygen atoms in total. The number of nitrogens with zero attached hydrogens (tertiary/aromatic N) is 1. The largest absolute Gasteiger partial charge is 0.384 e. The minimum atomic E-state index is -0.571. The lowest BCUT2D eigenvalue weighted by molar-refractivity contribution is -0.120. The van der Waals surface area contributed by atoms with E-state index in [0.717, 1.165) is 5.69 Å². The zero-order chi connectivity index (χ0) is 14.3. The molecule has 0 aliphatic heterocycles. The maximum Gasteiger partial charge on any atom is 0.267 e. The van der Waals surface area contributed by atoms with Crippen LogP contribution in [0.4, 0.5) is 5.69 Å². The lowest BCUT2D eigenvalue weighted by Gasteiger charge is -2.09. The van der Waals surface area contributed by atoms with Crippen LogP contribution in [0.5, 0.6) is 0 Å². The number of primary amides is 1. The summed E-state index contributed by atoms with van der Waals surface area (Å²) in [5.74, 6) is -0.126. The molecule has 4 N–H and O–H groups in total. The Morgan fingerprint density at radius 3 is 2.79 bits per heavy atom. The third-order valence-electron chi connectivity index (χ3n) is 2.40. The number of hydrogen-bond donors (Lipinski definition) is 3. The average Bonchev–Trinajstić information content (AvgIpc) is 2.36. The van der Waals surface area contributed by atoms with E-state index in [1.807, 2.05) is 13.8 Å². The van der Waals surface area contributed by atoms with Gasteiger partial charge in [0.25, 0.3) is 5.91 Å². The Morgan fingerprint density at radius 1 is 1.42 bits per heavy atom. The molecule has 6 heteroatoms. The minimum absolute atomic E-state index is 0.00498. The number of carbonyl (C=O) groups is 2. The van der Waals surface area contributed by atoms with Crippen molar-refractivity contribution in [3.63, 3.8) is 0 Å². The van der Waals surface area contributed by atoms with E-state index >= 15 is 0 Å². The second-order valence-corrected chi connectivity index (χ2v) is 4.67. The summed E-state index contributed by atoms with van der Waals surface area (Å²) in [5.41, 5.74) is 6.06. The maximum absolute atomic E-state index is 11.5. The van der Waals surface area contributed by atoms with Crippen LogP contribution in [0.3, 0.4) is 0 Å². The maximum atomic E-state index is 11.5. The molecule has 1 aromatic rings. The van der Waals surface area contributed by atoms with Crippen LogP contribution in [0.15, 0.2) is 18.3 Å². The van der Waals surface area contributed by atoms with Gasteiger partial charge in [0.2, 0.25) is 5.91 Å². The zero-order valence-electron chi connectivity index (χ0n) is 11.3. The minimum Gasteiger partial charge on any atom is -0.384 e. The molecule has 0 aliphatic carbocycles. The van der Waals surface area contributed by atoms with Gasteiger partial charge in [-0.3, -0.25) is 14.6 Å². The number of nitrogens with one attached hydrogen (secondary N) is 2. The standard InChI is InChI=1S/C13H20N4O2/c1-9(2)8-17-12(18)4-6-15-10-3-5-16-11(7-10)13(14)19/h3,5,7,9H,4,6,8H2,1-2H3,(H2,14,19)(H,15,16)(H,17,18). The third kappa shape index (κ3) is 5.85. The van der Waals surface area contributed by atoms with Crippen molar-refractivity contribution in [2.45, 2.75) is 20.3 Å². The second-order valence-electron chi connectivity index (χ2n) is 4.67. The molecular weight excluding hydrogens is 244 g/mol. The highest BCUT2D eigenvalue weighted by atomic mass is 16.2. The first-order valence-electron chi connectivity index (χ1n) is 6.25. The highest BCUT2D eigenvalue weighted by Crippen LogP contribution is 2.07. The van der Waals surface area contributed by atoms with Crippen molar-refractivity contribution in [2.24, 2.45) is 11.7 Å². The molecule has 0 bridgehead atoms. The fourth-order valence-electron chi connectivity index (χ4n) is 1.40. The summed E-state index contributed by atoms with van der Waals surface area (Å²) in [7, 11) is 0. The van der Waals surface area contributed by atoms with Crippen molar-refractivity contribution < 1.29 is 9.59 Å². The van der Waals surface area contributed by atoms with Gasteiger partial charge in [-0.2, -0.15) is 0 Å². The quantitative estimate of drug-likeness (QED) is 0.677. The molecule has 0 atom stereocenters. The molecule has 0 radical (unpaired) electrons. The van der Waals surface area contributed by atoms with Crippen molar-refractivity contribution in [1.82, 2.24) is 10.3 Å². The summed E-state index contributed by atoms with van der Waals surface area (Å²) in [6, 6.07) is 3.28. The summed E-state index contributed by atoms with van der Waals surface area (Å²) in [6.07, 6.45) is 1.88. The molecular formula is C13H20N4O2. The van der Waals surface area contributed by atoms with Crippen LogP contribution >= 0.6 is 0 Å². The van der Waals surface area contributed by atoms with Crippen LogP contribution in [0.1, 0.15) is 30.8 Å².